The summed E-state index contributed by atoms with van der Waals surface area (Å²) in [6, 6.07) is 14.2. The molecule has 0 bridgehead atoms. The van der Waals surface area contributed by atoms with Gasteiger partial charge in [0.25, 0.3) is 5.89 Å². The fourth-order valence-electron chi connectivity index (χ4n) is 2.48. The fourth-order valence-corrected chi connectivity index (χ4v) is 2.88. The SMILES string of the molecule is Fc1ccc(-c2nc(CCCCCNc3cccc(Br)c3)no2)cc1. The van der Waals surface area contributed by atoms with Crippen LogP contribution >= 0.6 is 15.9 Å². The van der Waals surface area contributed by atoms with Gasteiger partial charge in [0, 0.05) is 28.7 Å². The summed E-state index contributed by atoms with van der Waals surface area (Å²) in [4.78, 5) is 4.36. The van der Waals surface area contributed by atoms with Gasteiger partial charge >= 0.3 is 0 Å². The van der Waals surface area contributed by atoms with Crippen molar-refractivity contribution < 1.29 is 8.91 Å². The van der Waals surface area contributed by atoms with Crippen LogP contribution in [0.25, 0.3) is 11.5 Å². The normalized spacial score (nSPS) is 10.8. The molecule has 1 aromatic heterocycles. The topological polar surface area (TPSA) is 51.0 Å². The van der Waals surface area contributed by atoms with E-state index >= 15 is 0 Å². The molecule has 4 nitrogen and oxygen atoms in total. The smallest absolute Gasteiger partial charge is 0.257 e. The van der Waals surface area contributed by atoms with Gasteiger partial charge in [-0.15, -0.1) is 0 Å². The maximum Gasteiger partial charge on any atom is 0.257 e. The zero-order chi connectivity index (χ0) is 17.5. The van der Waals surface area contributed by atoms with Gasteiger partial charge in [0.2, 0.25) is 0 Å². The Balaban J connectivity index is 1.37. The van der Waals surface area contributed by atoms with Crippen LogP contribution < -0.4 is 5.32 Å². The Kier molecular flexibility index (Phi) is 6.17. The molecule has 3 aromatic rings. The number of hydrogen-bond acceptors (Lipinski definition) is 4. The van der Waals surface area contributed by atoms with Gasteiger partial charge < -0.3 is 9.84 Å². The lowest BCUT2D eigenvalue weighted by molar-refractivity contribution is 0.421. The molecule has 25 heavy (non-hydrogen) atoms. The molecule has 0 fully saturated rings. The van der Waals surface area contributed by atoms with E-state index in [1.807, 2.05) is 12.1 Å². The molecule has 0 aliphatic heterocycles. The highest BCUT2D eigenvalue weighted by Crippen LogP contribution is 2.18. The van der Waals surface area contributed by atoms with Crippen molar-refractivity contribution in [3.8, 4) is 11.5 Å². The van der Waals surface area contributed by atoms with Gasteiger partial charge in [-0.3, -0.25) is 0 Å². The van der Waals surface area contributed by atoms with Crippen LogP contribution in [0.3, 0.4) is 0 Å². The Hall–Kier alpha value is -2.21. The number of rotatable bonds is 8. The van der Waals surface area contributed by atoms with Crippen molar-refractivity contribution >= 4 is 21.6 Å². The Morgan fingerprint density at radius 3 is 2.68 bits per heavy atom. The summed E-state index contributed by atoms with van der Waals surface area (Å²) in [5.41, 5.74) is 1.86. The number of aromatic nitrogens is 2. The molecule has 6 heteroatoms. The minimum Gasteiger partial charge on any atom is -0.385 e. The molecule has 0 amide bonds. The summed E-state index contributed by atoms with van der Waals surface area (Å²) < 4.78 is 19.2. The maximum atomic E-state index is 12.9. The number of benzene rings is 2. The molecule has 0 atom stereocenters. The quantitative estimate of drug-likeness (QED) is 0.507. The highest BCUT2D eigenvalue weighted by atomic mass is 79.9. The summed E-state index contributed by atoms with van der Waals surface area (Å²) in [5, 5.41) is 7.39. The molecule has 3 rings (SSSR count). The molecule has 0 saturated carbocycles. The first-order valence-corrected chi connectivity index (χ1v) is 9.08. The van der Waals surface area contributed by atoms with Crippen molar-refractivity contribution in [3.05, 3.63) is 64.6 Å². The van der Waals surface area contributed by atoms with E-state index in [1.165, 1.54) is 12.1 Å². The first kappa shape index (κ1) is 17.6. The minimum absolute atomic E-state index is 0.278. The van der Waals surface area contributed by atoms with Gasteiger partial charge in [-0.2, -0.15) is 4.98 Å². The molecule has 0 unspecified atom stereocenters. The zero-order valence-corrected chi connectivity index (χ0v) is 15.3. The Morgan fingerprint density at radius 2 is 1.88 bits per heavy atom. The van der Waals surface area contributed by atoms with Gasteiger partial charge in [0.15, 0.2) is 5.82 Å². The van der Waals surface area contributed by atoms with E-state index in [1.54, 1.807) is 12.1 Å². The average Bonchev–Trinajstić information content (AvgIpc) is 3.07. The third kappa shape index (κ3) is 5.39. The summed E-state index contributed by atoms with van der Waals surface area (Å²) in [6.07, 6.45) is 3.95. The van der Waals surface area contributed by atoms with E-state index in [0.29, 0.717) is 11.7 Å². The molecular formula is C19H19BrFN3O. The van der Waals surface area contributed by atoms with Crippen LogP contribution in [0.1, 0.15) is 25.1 Å². The number of hydrogen-bond donors (Lipinski definition) is 1. The highest BCUT2D eigenvalue weighted by Gasteiger charge is 2.08. The Morgan fingerprint density at radius 1 is 1.04 bits per heavy atom. The van der Waals surface area contributed by atoms with Gasteiger partial charge in [0.1, 0.15) is 5.82 Å². The van der Waals surface area contributed by atoms with Gasteiger partial charge in [-0.05, 0) is 55.3 Å². The van der Waals surface area contributed by atoms with Gasteiger partial charge in [-0.25, -0.2) is 4.39 Å². The predicted octanol–water partition coefficient (Wildman–Crippen LogP) is 5.46. The molecule has 0 spiro atoms. The minimum atomic E-state index is -0.278. The first-order valence-electron chi connectivity index (χ1n) is 8.29. The number of halogens is 2. The van der Waals surface area contributed by atoms with Crippen molar-refractivity contribution in [3.63, 3.8) is 0 Å². The van der Waals surface area contributed by atoms with Crippen LogP contribution in [0.4, 0.5) is 10.1 Å². The largest absolute Gasteiger partial charge is 0.385 e. The lowest BCUT2D eigenvalue weighted by Crippen LogP contribution is -2.01. The zero-order valence-electron chi connectivity index (χ0n) is 13.7. The van der Waals surface area contributed by atoms with E-state index in [-0.39, 0.29) is 5.82 Å². The molecular weight excluding hydrogens is 385 g/mol. The van der Waals surface area contributed by atoms with Crippen molar-refractivity contribution in [1.29, 1.82) is 0 Å². The lowest BCUT2D eigenvalue weighted by atomic mass is 10.2. The monoisotopic (exact) mass is 403 g/mol. The van der Waals surface area contributed by atoms with E-state index in [4.69, 9.17) is 4.52 Å². The van der Waals surface area contributed by atoms with Crippen LogP contribution in [0, 0.1) is 5.82 Å². The molecule has 2 aromatic carbocycles. The number of nitrogens with zero attached hydrogens (tertiary/aromatic N) is 2. The summed E-state index contributed by atoms with van der Waals surface area (Å²) >= 11 is 3.46. The van der Waals surface area contributed by atoms with Crippen LogP contribution in [-0.4, -0.2) is 16.7 Å². The first-order chi connectivity index (χ1) is 12.2. The summed E-state index contributed by atoms with van der Waals surface area (Å²) in [5.74, 6) is 0.852. The third-order valence-electron chi connectivity index (χ3n) is 3.79. The van der Waals surface area contributed by atoms with E-state index in [2.05, 4.69) is 43.5 Å². The predicted molar refractivity (Wildman–Crippen MR) is 99.9 cm³/mol. The van der Waals surface area contributed by atoms with Crippen LogP contribution in [0.2, 0.25) is 0 Å². The molecule has 0 radical (unpaired) electrons. The van der Waals surface area contributed by atoms with Crippen molar-refractivity contribution in [1.82, 2.24) is 10.1 Å². The van der Waals surface area contributed by atoms with Crippen molar-refractivity contribution in [2.45, 2.75) is 25.7 Å². The highest BCUT2D eigenvalue weighted by molar-refractivity contribution is 9.10. The lowest BCUT2D eigenvalue weighted by Gasteiger charge is -2.06. The van der Waals surface area contributed by atoms with Crippen LogP contribution in [0.5, 0.6) is 0 Å². The Bertz CT molecular complexity index is 804. The van der Waals surface area contributed by atoms with Crippen molar-refractivity contribution in [2.75, 3.05) is 11.9 Å². The van der Waals surface area contributed by atoms with E-state index in [0.717, 1.165) is 48.0 Å². The van der Waals surface area contributed by atoms with Crippen LogP contribution in [0.15, 0.2) is 57.5 Å². The fraction of sp³-hybridized carbons (Fsp3) is 0.263. The molecule has 1 heterocycles. The summed E-state index contributed by atoms with van der Waals surface area (Å²) in [7, 11) is 0. The summed E-state index contributed by atoms with van der Waals surface area (Å²) in [6.45, 7) is 0.934. The Labute approximate surface area is 154 Å². The van der Waals surface area contributed by atoms with E-state index < -0.39 is 0 Å². The second kappa shape index (κ2) is 8.76. The molecule has 0 aliphatic rings. The average molecular weight is 404 g/mol. The number of anilines is 1. The number of aryl methyl sites for hydroxylation is 1. The van der Waals surface area contributed by atoms with E-state index in [9.17, 15) is 4.39 Å². The second-order valence-electron chi connectivity index (χ2n) is 5.77. The molecule has 130 valence electrons. The van der Waals surface area contributed by atoms with Gasteiger partial charge in [0.05, 0.1) is 0 Å². The van der Waals surface area contributed by atoms with Crippen molar-refractivity contribution in [2.24, 2.45) is 0 Å². The molecule has 0 aliphatic carbocycles. The van der Waals surface area contributed by atoms with Crippen LogP contribution in [-0.2, 0) is 6.42 Å². The number of nitrogens with one attached hydrogen (secondary N) is 1. The standard InChI is InChI=1S/C19H19BrFN3O/c20-15-5-4-6-17(13-15)22-12-3-1-2-7-18-23-19(25-24-18)14-8-10-16(21)11-9-14/h4-6,8-11,13,22H,1-3,7,12H2. The third-order valence-corrected chi connectivity index (χ3v) is 4.28. The number of unbranched alkanes of at least 4 members (excludes halogenated alkanes) is 2. The molecule has 0 saturated heterocycles. The maximum absolute atomic E-state index is 12.9. The second-order valence-corrected chi connectivity index (χ2v) is 6.69. The van der Waals surface area contributed by atoms with Gasteiger partial charge in [-0.1, -0.05) is 33.6 Å². The molecule has 1 N–H and O–H groups in total.